The summed E-state index contributed by atoms with van der Waals surface area (Å²) >= 11 is 0. The third kappa shape index (κ3) is 6.47. The third-order valence-electron chi connectivity index (χ3n) is 4.69. The van der Waals surface area contributed by atoms with Crippen molar-refractivity contribution < 1.29 is 4.79 Å². The van der Waals surface area contributed by atoms with Crippen LogP contribution in [0.1, 0.15) is 23.0 Å². The lowest BCUT2D eigenvalue weighted by Crippen LogP contribution is -2.42. The van der Waals surface area contributed by atoms with E-state index in [2.05, 4.69) is 37.2 Å². The van der Waals surface area contributed by atoms with Crippen molar-refractivity contribution in [3.05, 3.63) is 90.0 Å². The molecule has 152 valence electrons. The van der Waals surface area contributed by atoms with Crippen LogP contribution in [0, 0.1) is 0 Å². The van der Waals surface area contributed by atoms with Crippen molar-refractivity contribution in [3.63, 3.8) is 0 Å². The maximum atomic E-state index is 12.4. The minimum atomic E-state index is -0.165. The summed E-state index contributed by atoms with van der Waals surface area (Å²) in [5.41, 5.74) is 2.32. The normalized spacial score (nSPS) is 12.0. The van der Waals surface area contributed by atoms with Crippen LogP contribution in [0.2, 0.25) is 0 Å². The van der Waals surface area contributed by atoms with Gasteiger partial charge in [0.1, 0.15) is 5.82 Å². The van der Waals surface area contributed by atoms with E-state index in [1.165, 1.54) is 5.56 Å². The van der Waals surface area contributed by atoms with Gasteiger partial charge in [0.2, 0.25) is 0 Å². The van der Waals surface area contributed by atoms with E-state index in [1.54, 1.807) is 6.20 Å². The first-order chi connectivity index (χ1) is 14.1. The number of imidazole rings is 1. The summed E-state index contributed by atoms with van der Waals surface area (Å²) in [5, 5.41) is 6.04. The second kappa shape index (κ2) is 10.4. The fraction of sp³-hybridized carbons (Fsp3) is 0.304. The Kier molecular flexibility index (Phi) is 7.41. The van der Waals surface area contributed by atoms with Crippen LogP contribution < -0.4 is 10.6 Å². The van der Waals surface area contributed by atoms with Crippen LogP contribution in [0.3, 0.4) is 0 Å². The molecule has 0 aliphatic rings. The zero-order valence-corrected chi connectivity index (χ0v) is 17.1. The lowest BCUT2D eigenvalue weighted by Gasteiger charge is -2.23. The number of nitrogens with one attached hydrogen (secondary N) is 2. The number of rotatable bonds is 9. The molecule has 2 N–H and O–H groups in total. The van der Waals surface area contributed by atoms with Crippen molar-refractivity contribution in [2.75, 3.05) is 27.2 Å². The molecule has 0 aliphatic heterocycles. The Balaban J connectivity index is 1.51. The molecule has 1 heterocycles. The van der Waals surface area contributed by atoms with Gasteiger partial charge in [-0.25, -0.2) is 9.78 Å². The number of benzene rings is 2. The summed E-state index contributed by atoms with van der Waals surface area (Å²) < 4.78 is 2.12. The second-order valence-electron chi connectivity index (χ2n) is 7.33. The van der Waals surface area contributed by atoms with Gasteiger partial charge in [-0.2, -0.15) is 0 Å². The molecule has 1 aromatic heterocycles. The first kappa shape index (κ1) is 20.6. The van der Waals surface area contributed by atoms with E-state index >= 15 is 0 Å². The van der Waals surface area contributed by atoms with Crippen molar-refractivity contribution >= 4 is 6.03 Å². The Morgan fingerprint density at radius 2 is 1.76 bits per heavy atom. The van der Waals surface area contributed by atoms with Crippen LogP contribution in [-0.4, -0.2) is 47.7 Å². The van der Waals surface area contributed by atoms with Gasteiger partial charge in [0.15, 0.2) is 0 Å². The van der Waals surface area contributed by atoms with Crippen molar-refractivity contribution in [3.8, 4) is 0 Å². The highest BCUT2D eigenvalue weighted by Gasteiger charge is 2.15. The zero-order valence-electron chi connectivity index (χ0n) is 17.1. The molecule has 0 fully saturated rings. The standard InChI is InChI=1S/C23H29N5O/c1-27(2)18-21(20-11-7-4-8-12-20)26-23(29)25-14-13-22-24-15-16-28(22)17-19-9-5-3-6-10-19/h3-12,15-16,21H,13-14,17-18H2,1-2H3,(H2,25,26,29). The summed E-state index contributed by atoms with van der Waals surface area (Å²) in [4.78, 5) is 19.0. The van der Waals surface area contributed by atoms with Gasteiger partial charge in [0.05, 0.1) is 6.04 Å². The molecule has 1 unspecified atom stereocenters. The SMILES string of the molecule is CN(C)CC(NC(=O)NCCc1nccn1Cc1ccccc1)c1ccccc1. The lowest BCUT2D eigenvalue weighted by molar-refractivity contribution is 0.233. The quantitative estimate of drug-likeness (QED) is 0.589. The average molecular weight is 392 g/mol. The number of hydrogen-bond donors (Lipinski definition) is 2. The number of urea groups is 1. The molecule has 0 spiro atoms. The van der Waals surface area contributed by atoms with Gasteiger partial charge >= 0.3 is 6.03 Å². The molecule has 1 atom stereocenters. The summed E-state index contributed by atoms with van der Waals surface area (Å²) in [6.45, 7) is 2.04. The van der Waals surface area contributed by atoms with Crippen LogP contribution in [0.15, 0.2) is 73.1 Å². The molecule has 2 amide bonds. The smallest absolute Gasteiger partial charge is 0.315 e. The Morgan fingerprint density at radius 3 is 2.45 bits per heavy atom. The van der Waals surface area contributed by atoms with E-state index in [0.29, 0.717) is 13.0 Å². The molecule has 0 radical (unpaired) electrons. The van der Waals surface area contributed by atoms with Gasteiger partial charge in [-0.05, 0) is 25.2 Å². The third-order valence-corrected chi connectivity index (χ3v) is 4.69. The fourth-order valence-corrected chi connectivity index (χ4v) is 3.27. The highest BCUT2D eigenvalue weighted by molar-refractivity contribution is 5.74. The van der Waals surface area contributed by atoms with Gasteiger partial charge in [0.25, 0.3) is 0 Å². The summed E-state index contributed by atoms with van der Waals surface area (Å²) in [5.74, 6) is 0.960. The number of aromatic nitrogens is 2. The monoisotopic (exact) mass is 391 g/mol. The molecule has 0 bridgehead atoms. The van der Waals surface area contributed by atoms with E-state index in [-0.39, 0.29) is 12.1 Å². The second-order valence-corrected chi connectivity index (χ2v) is 7.33. The molecular weight excluding hydrogens is 362 g/mol. The predicted molar refractivity (Wildman–Crippen MR) is 116 cm³/mol. The van der Waals surface area contributed by atoms with Crippen LogP contribution in [0.5, 0.6) is 0 Å². The van der Waals surface area contributed by atoms with E-state index in [9.17, 15) is 4.79 Å². The molecule has 3 rings (SSSR count). The Hall–Kier alpha value is -3.12. The summed E-state index contributed by atoms with van der Waals surface area (Å²) in [7, 11) is 4.00. The molecular formula is C23H29N5O. The maximum absolute atomic E-state index is 12.4. The minimum absolute atomic E-state index is 0.0636. The first-order valence-corrected chi connectivity index (χ1v) is 9.90. The van der Waals surface area contributed by atoms with Crippen LogP contribution >= 0.6 is 0 Å². The summed E-state index contributed by atoms with van der Waals surface area (Å²) in [6, 6.07) is 20.1. The largest absolute Gasteiger partial charge is 0.338 e. The highest BCUT2D eigenvalue weighted by atomic mass is 16.2. The minimum Gasteiger partial charge on any atom is -0.338 e. The van der Waals surface area contributed by atoms with E-state index in [1.807, 2.05) is 68.8 Å². The molecule has 0 aliphatic carbocycles. The molecule has 2 aromatic carbocycles. The van der Waals surface area contributed by atoms with E-state index in [0.717, 1.165) is 24.5 Å². The molecule has 0 saturated carbocycles. The van der Waals surface area contributed by atoms with Crippen LogP contribution in [0.4, 0.5) is 4.79 Å². The Morgan fingerprint density at radius 1 is 1.07 bits per heavy atom. The Bertz CT molecular complexity index is 877. The fourth-order valence-electron chi connectivity index (χ4n) is 3.27. The summed E-state index contributed by atoms with van der Waals surface area (Å²) in [6.07, 6.45) is 4.46. The van der Waals surface area contributed by atoms with Crippen LogP contribution in [0.25, 0.3) is 0 Å². The van der Waals surface area contributed by atoms with Crippen molar-refractivity contribution in [2.45, 2.75) is 19.0 Å². The Labute approximate surface area is 172 Å². The van der Waals surface area contributed by atoms with Crippen molar-refractivity contribution in [1.82, 2.24) is 25.1 Å². The number of carbonyl (C=O) groups is 1. The van der Waals surface area contributed by atoms with Crippen molar-refractivity contribution in [2.24, 2.45) is 0 Å². The molecule has 0 saturated heterocycles. The number of amides is 2. The zero-order chi connectivity index (χ0) is 20.5. The van der Waals surface area contributed by atoms with Gasteiger partial charge in [0, 0.05) is 38.4 Å². The topological polar surface area (TPSA) is 62.2 Å². The van der Waals surface area contributed by atoms with Gasteiger partial charge in [-0.3, -0.25) is 0 Å². The number of hydrogen-bond acceptors (Lipinski definition) is 3. The molecule has 6 heteroatoms. The maximum Gasteiger partial charge on any atom is 0.315 e. The van der Waals surface area contributed by atoms with E-state index in [4.69, 9.17) is 0 Å². The molecule has 3 aromatic rings. The van der Waals surface area contributed by atoms with Crippen molar-refractivity contribution in [1.29, 1.82) is 0 Å². The predicted octanol–water partition coefficient (Wildman–Crippen LogP) is 3.08. The van der Waals surface area contributed by atoms with E-state index < -0.39 is 0 Å². The molecule has 6 nitrogen and oxygen atoms in total. The highest BCUT2D eigenvalue weighted by Crippen LogP contribution is 2.13. The van der Waals surface area contributed by atoms with Gasteiger partial charge in [-0.1, -0.05) is 60.7 Å². The number of likely N-dealkylation sites (N-methyl/N-ethyl adjacent to an activating group) is 1. The lowest BCUT2D eigenvalue weighted by atomic mass is 10.1. The van der Waals surface area contributed by atoms with Gasteiger partial charge in [-0.15, -0.1) is 0 Å². The van der Waals surface area contributed by atoms with Gasteiger partial charge < -0.3 is 20.1 Å². The van der Waals surface area contributed by atoms with Crippen LogP contribution in [-0.2, 0) is 13.0 Å². The number of nitrogens with zero attached hydrogens (tertiary/aromatic N) is 3. The first-order valence-electron chi connectivity index (χ1n) is 9.90. The molecule has 29 heavy (non-hydrogen) atoms. The number of carbonyl (C=O) groups excluding carboxylic acids is 1. The average Bonchev–Trinajstić information content (AvgIpc) is 3.15.